The first-order chi connectivity index (χ1) is 15.4. The summed E-state index contributed by atoms with van der Waals surface area (Å²) in [4.78, 5) is 22.5. The number of esters is 2. The van der Waals surface area contributed by atoms with Crippen molar-refractivity contribution in [1.29, 1.82) is 0 Å². The van der Waals surface area contributed by atoms with E-state index in [9.17, 15) is 35.6 Å². The maximum absolute atomic E-state index is 14.2. The molecule has 3 aromatic carbocycles. The van der Waals surface area contributed by atoms with E-state index in [2.05, 4.69) is 4.74 Å². The monoisotopic (exact) mass is 596 g/mol. The number of hydrogen-bond donors (Lipinski definition) is 1. The van der Waals surface area contributed by atoms with Crippen molar-refractivity contribution in [3.63, 3.8) is 0 Å². The number of benzene rings is 3. The van der Waals surface area contributed by atoms with Gasteiger partial charge >= 0.3 is 22.1 Å². The van der Waals surface area contributed by atoms with Crippen LogP contribution in [0.15, 0.2) is 53.4 Å². The Hall–Kier alpha value is -3.04. The van der Waals surface area contributed by atoms with Gasteiger partial charge in [-0.05, 0) is 52.9 Å². The first kappa shape index (κ1) is 24.6. The fourth-order valence-electron chi connectivity index (χ4n) is 2.54. The van der Waals surface area contributed by atoms with Gasteiger partial charge in [0.15, 0.2) is 16.5 Å². The Balaban J connectivity index is 2.00. The molecule has 0 aliphatic carbocycles. The Bertz CT molecular complexity index is 1350. The molecule has 172 valence electrons. The van der Waals surface area contributed by atoms with Gasteiger partial charge in [0.25, 0.3) is 0 Å². The molecule has 0 radical (unpaired) electrons. The quantitative estimate of drug-likeness (QED) is 0.115. The lowest BCUT2D eigenvalue weighted by molar-refractivity contribution is 0.0695. The van der Waals surface area contributed by atoms with Crippen LogP contribution in [0.3, 0.4) is 0 Å². The molecule has 0 aliphatic rings. The van der Waals surface area contributed by atoms with E-state index in [4.69, 9.17) is 9.29 Å². The van der Waals surface area contributed by atoms with Crippen LogP contribution < -0.4 is 9.47 Å². The number of hydrogen-bond acceptors (Lipinski definition) is 6. The summed E-state index contributed by atoms with van der Waals surface area (Å²) in [6, 6.07) is 11.2. The van der Waals surface area contributed by atoms with Crippen molar-refractivity contribution in [3.8, 4) is 11.5 Å². The Morgan fingerprint density at radius 1 is 0.818 bits per heavy atom. The Morgan fingerprint density at radius 3 is 1.94 bits per heavy atom. The fraction of sp³-hybridized carbons (Fsp3) is 0. The van der Waals surface area contributed by atoms with Crippen LogP contribution in [0, 0.1) is 26.8 Å². The third-order valence-electron chi connectivity index (χ3n) is 4.01. The van der Waals surface area contributed by atoms with Crippen molar-refractivity contribution < 1.29 is 49.6 Å². The van der Waals surface area contributed by atoms with E-state index < -0.39 is 67.3 Å². The van der Waals surface area contributed by atoms with Crippen LogP contribution in [0.1, 0.15) is 20.7 Å². The van der Waals surface area contributed by atoms with Gasteiger partial charge in [0, 0.05) is 3.57 Å². The van der Waals surface area contributed by atoms with Crippen molar-refractivity contribution in [1.82, 2.24) is 0 Å². The highest BCUT2D eigenvalue weighted by Crippen LogP contribution is 2.33. The molecule has 3 rings (SSSR count). The second-order valence-electron chi connectivity index (χ2n) is 6.17. The summed E-state index contributed by atoms with van der Waals surface area (Å²) < 4.78 is 97.2. The summed E-state index contributed by atoms with van der Waals surface area (Å²) in [5, 5.41) is 0. The molecule has 0 aromatic heterocycles. The van der Waals surface area contributed by atoms with Gasteiger partial charge in [-0.1, -0.05) is 18.2 Å². The molecule has 0 heterocycles. The molecule has 0 fully saturated rings. The second-order valence-corrected chi connectivity index (χ2v) is 8.78. The van der Waals surface area contributed by atoms with E-state index in [1.54, 1.807) is 18.2 Å². The number of halogens is 5. The van der Waals surface area contributed by atoms with Gasteiger partial charge in [0.05, 0.1) is 5.56 Å². The molecule has 0 atom stereocenters. The Morgan fingerprint density at radius 2 is 1.39 bits per heavy atom. The minimum Gasteiger partial charge on any atom is -0.422 e. The molecule has 0 spiro atoms. The predicted molar refractivity (Wildman–Crippen MR) is 112 cm³/mol. The van der Waals surface area contributed by atoms with Crippen LogP contribution in [0.5, 0.6) is 11.5 Å². The molecule has 0 aliphatic heterocycles. The molecule has 3 aromatic rings. The summed E-state index contributed by atoms with van der Waals surface area (Å²) in [6.45, 7) is 0. The highest BCUT2D eigenvalue weighted by atomic mass is 127. The molecule has 13 heteroatoms. The van der Waals surface area contributed by atoms with Gasteiger partial charge < -0.3 is 9.47 Å². The third kappa shape index (κ3) is 5.15. The normalized spacial score (nSPS) is 11.2. The van der Waals surface area contributed by atoms with E-state index in [0.29, 0.717) is 3.57 Å². The molecular formula is C20H9F4IO7S. The highest BCUT2D eigenvalue weighted by molar-refractivity contribution is 14.1. The van der Waals surface area contributed by atoms with Crippen molar-refractivity contribution >= 4 is 44.6 Å². The highest BCUT2D eigenvalue weighted by Gasteiger charge is 2.34. The first-order valence-electron chi connectivity index (χ1n) is 8.54. The first-order valence-corrected chi connectivity index (χ1v) is 11.1. The summed E-state index contributed by atoms with van der Waals surface area (Å²) in [7, 11) is -5.69. The minimum atomic E-state index is -5.69. The SMILES string of the molecule is O=C(Oc1cc(I)ccc1C(=O)Oc1c(F)c(F)c(S(=O)(=O)O)c(F)c1F)c1ccccc1. The fourth-order valence-corrected chi connectivity index (χ4v) is 3.63. The molecule has 0 unspecified atom stereocenters. The van der Waals surface area contributed by atoms with Crippen LogP contribution in [0.4, 0.5) is 17.6 Å². The van der Waals surface area contributed by atoms with Gasteiger partial charge in [0.1, 0.15) is 11.3 Å². The van der Waals surface area contributed by atoms with Gasteiger partial charge in [-0.25, -0.2) is 18.4 Å². The summed E-state index contributed by atoms with van der Waals surface area (Å²) in [5.74, 6) is -14.5. The Kier molecular flexibility index (Phi) is 7.04. The maximum atomic E-state index is 14.2. The zero-order valence-electron chi connectivity index (χ0n) is 15.8. The van der Waals surface area contributed by atoms with Crippen molar-refractivity contribution in [3.05, 3.63) is 86.5 Å². The number of rotatable bonds is 5. The zero-order chi connectivity index (χ0) is 24.5. The summed E-state index contributed by atoms with van der Waals surface area (Å²) in [6.07, 6.45) is 0. The van der Waals surface area contributed by atoms with E-state index in [1.165, 1.54) is 24.3 Å². The van der Waals surface area contributed by atoms with E-state index in [0.717, 1.165) is 6.07 Å². The zero-order valence-corrected chi connectivity index (χ0v) is 18.8. The Labute approximate surface area is 196 Å². The van der Waals surface area contributed by atoms with Crippen LogP contribution >= 0.6 is 22.6 Å². The summed E-state index contributed by atoms with van der Waals surface area (Å²) in [5.41, 5.74) is -0.434. The van der Waals surface area contributed by atoms with Crippen molar-refractivity contribution in [2.24, 2.45) is 0 Å². The predicted octanol–water partition coefficient (Wildman–Crippen LogP) is 4.53. The molecule has 0 saturated carbocycles. The smallest absolute Gasteiger partial charge is 0.347 e. The molecule has 0 amide bonds. The minimum absolute atomic E-state index is 0.109. The number of carbonyl (C=O) groups is 2. The van der Waals surface area contributed by atoms with Crippen molar-refractivity contribution in [2.75, 3.05) is 0 Å². The van der Waals surface area contributed by atoms with Crippen LogP contribution in [0.25, 0.3) is 0 Å². The molecular weight excluding hydrogens is 587 g/mol. The number of ether oxygens (including phenoxy) is 2. The molecule has 0 saturated heterocycles. The largest absolute Gasteiger partial charge is 0.422 e. The average molecular weight is 596 g/mol. The van der Waals surface area contributed by atoms with Crippen LogP contribution in [-0.4, -0.2) is 24.9 Å². The van der Waals surface area contributed by atoms with Gasteiger partial charge in [0.2, 0.25) is 17.4 Å². The molecule has 7 nitrogen and oxygen atoms in total. The number of carbonyl (C=O) groups excluding carboxylic acids is 2. The molecule has 33 heavy (non-hydrogen) atoms. The van der Waals surface area contributed by atoms with Gasteiger partial charge in [-0.15, -0.1) is 0 Å². The molecule has 1 N–H and O–H groups in total. The third-order valence-corrected chi connectivity index (χ3v) is 5.56. The van der Waals surface area contributed by atoms with Crippen molar-refractivity contribution in [2.45, 2.75) is 4.90 Å². The van der Waals surface area contributed by atoms with E-state index in [1.807, 2.05) is 22.6 Å². The maximum Gasteiger partial charge on any atom is 0.347 e. The topological polar surface area (TPSA) is 107 Å². The summed E-state index contributed by atoms with van der Waals surface area (Å²) >= 11 is 1.82. The molecule has 0 bridgehead atoms. The standard InChI is InChI=1S/C20H9F4IO7S/c21-13-15(23)18(33(28,29)30)16(24)14(22)17(13)32-20(27)11-7-6-10(25)8-12(11)31-19(26)9-4-2-1-3-5-9/h1-8H,(H,28,29,30). The lowest BCUT2D eigenvalue weighted by Crippen LogP contribution is -2.18. The second kappa shape index (κ2) is 9.44. The van der Waals surface area contributed by atoms with E-state index in [-0.39, 0.29) is 5.56 Å². The lowest BCUT2D eigenvalue weighted by atomic mass is 10.2. The van der Waals surface area contributed by atoms with Gasteiger partial charge in [-0.2, -0.15) is 17.2 Å². The average Bonchev–Trinajstić information content (AvgIpc) is 2.75. The van der Waals surface area contributed by atoms with E-state index >= 15 is 0 Å². The van der Waals surface area contributed by atoms with Gasteiger partial charge in [-0.3, -0.25) is 4.55 Å². The van der Waals surface area contributed by atoms with Crippen LogP contribution in [-0.2, 0) is 10.1 Å². The lowest BCUT2D eigenvalue weighted by Gasteiger charge is -2.13. The van der Waals surface area contributed by atoms with Crippen LogP contribution in [0.2, 0.25) is 0 Å².